The van der Waals surface area contributed by atoms with E-state index in [-0.39, 0.29) is 10.6 Å². The molecule has 0 saturated carbocycles. The summed E-state index contributed by atoms with van der Waals surface area (Å²) in [5, 5.41) is 19.4. The van der Waals surface area contributed by atoms with Gasteiger partial charge in [-0.2, -0.15) is 0 Å². The van der Waals surface area contributed by atoms with Crippen molar-refractivity contribution in [3.8, 4) is 0 Å². The van der Waals surface area contributed by atoms with Gasteiger partial charge in [-0.1, -0.05) is 11.8 Å². The Kier molecular flexibility index (Phi) is 3.89. The summed E-state index contributed by atoms with van der Waals surface area (Å²) in [6.45, 7) is 3.39. The van der Waals surface area contributed by atoms with Crippen LogP contribution in [0.15, 0.2) is 11.4 Å². The average Bonchev–Trinajstić information content (AvgIpc) is 2.69. The maximum atomic E-state index is 11.1. The van der Waals surface area contributed by atoms with Crippen LogP contribution in [0.25, 0.3) is 0 Å². The summed E-state index contributed by atoms with van der Waals surface area (Å²) in [6, 6.07) is 0. The molecule has 0 aliphatic heterocycles. The van der Waals surface area contributed by atoms with Gasteiger partial charge in [0, 0.05) is 30.1 Å². The summed E-state index contributed by atoms with van der Waals surface area (Å²) in [5.41, 5.74) is 7.51. The van der Waals surface area contributed by atoms with Gasteiger partial charge in [0.2, 0.25) is 5.95 Å². The summed E-state index contributed by atoms with van der Waals surface area (Å²) >= 11 is 1.39. The number of nitrogens with zero attached hydrogens (tertiary/aromatic N) is 5. The Morgan fingerprint density at radius 3 is 2.70 bits per heavy atom. The maximum absolute atomic E-state index is 11.1. The molecule has 2 heterocycles. The topological polar surface area (TPSA) is 113 Å². The highest BCUT2D eigenvalue weighted by molar-refractivity contribution is 7.98. The Morgan fingerprint density at radius 2 is 2.15 bits per heavy atom. The number of nitrogens with two attached hydrogens (primary N) is 1. The lowest BCUT2D eigenvalue weighted by Gasteiger charge is -2.07. The zero-order chi connectivity index (χ0) is 14.9. The van der Waals surface area contributed by atoms with Crippen molar-refractivity contribution >= 4 is 23.4 Å². The van der Waals surface area contributed by atoms with E-state index in [2.05, 4.69) is 15.2 Å². The van der Waals surface area contributed by atoms with E-state index in [1.54, 1.807) is 25.5 Å². The van der Waals surface area contributed by atoms with E-state index in [0.29, 0.717) is 33.7 Å². The van der Waals surface area contributed by atoms with Crippen LogP contribution in [0.5, 0.6) is 0 Å². The van der Waals surface area contributed by atoms with E-state index >= 15 is 0 Å². The number of nitrogen functional groups attached to an aromatic ring is 1. The lowest BCUT2D eigenvalue weighted by Crippen LogP contribution is -2.02. The third-order valence-electron chi connectivity index (χ3n) is 2.96. The van der Waals surface area contributed by atoms with Gasteiger partial charge in [0.1, 0.15) is 0 Å². The molecule has 0 bridgehead atoms. The summed E-state index contributed by atoms with van der Waals surface area (Å²) in [5.74, 6) is 0.797. The van der Waals surface area contributed by atoms with Crippen LogP contribution in [0, 0.1) is 24.0 Å². The fourth-order valence-electron chi connectivity index (χ4n) is 1.78. The van der Waals surface area contributed by atoms with Crippen LogP contribution >= 0.6 is 11.8 Å². The van der Waals surface area contributed by atoms with Gasteiger partial charge in [-0.05, 0) is 13.8 Å². The predicted molar refractivity (Wildman–Crippen MR) is 75.3 cm³/mol. The molecule has 2 aromatic heterocycles. The summed E-state index contributed by atoms with van der Waals surface area (Å²) in [7, 11) is 1.76. The lowest BCUT2D eigenvalue weighted by atomic mass is 10.1. The third-order valence-corrected chi connectivity index (χ3v) is 4.00. The highest BCUT2D eigenvalue weighted by Gasteiger charge is 2.19. The summed E-state index contributed by atoms with van der Waals surface area (Å²) < 4.78 is 1.66. The number of anilines is 1. The number of hydrogen-bond donors (Lipinski definition) is 1. The van der Waals surface area contributed by atoms with E-state index in [1.165, 1.54) is 18.0 Å². The fraction of sp³-hybridized carbons (Fsp3) is 0.364. The van der Waals surface area contributed by atoms with E-state index in [4.69, 9.17) is 5.73 Å². The van der Waals surface area contributed by atoms with Crippen molar-refractivity contribution in [1.29, 1.82) is 0 Å². The number of aromatic nitrogens is 4. The van der Waals surface area contributed by atoms with Crippen molar-refractivity contribution in [1.82, 2.24) is 19.7 Å². The molecule has 0 radical (unpaired) electrons. The van der Waals surface area contributed by atoms with Crippen LogP contribution in [0.2, 0.25) is 0 Å². The SMILES string of the molecule is Cc1cnc(CSc2nnc(N)n2C)c(C)c1[N+](=O)[O-]. The predicted octanol–water partition coefficient (Wildman–Crippen LogP) is 1.61. The minimum absolute atomic E-state index is 0.119. The molecule has 9 heteroatoms. The van der Waals surface area contributed by atoms with Crippen LogP contribution in [0.4, 0.5) is 11.6 Å². The molecule has 8 nitrogen and oxygen atoms in total. The standard InChI is InChI=1S/C11H14N6O2S/c1-6-4-13-8(7(2)9(6)17(18)19)5-20-11-15-14-10(12)16(11)3/h4H,5H2,1-3H3,(H2,12,14). The number of pyridine rings is 1. The average molecular weight is 294 g/mol. The zero-order valence-corrected chi connectivity index (χ0v) is 12.1. The highest BCUT2D eigenvalue weighted by atomic mass is 32.2. The lowest BCUT2D eigenvalue weighted by molar-refractivity contribution is -0.386. The maximum Gasteiger partial charge on any atom is 0.278 e. The molecule has 0 amide bonds. The van der Waals surface area contributed by atoms with Crippen molar-refractivity contribution in [3.63, 3.8) is 0 Å². The number of thioether (sulfide) groups is 1. The molecule has 20 heavy (non-hydrogen) atoms. The first-order chi connectivity index (χ1) is 9.41. The van der Waals surface area contributed by atoms with Crippen LogP contribution in [0.1, 0.15) is 16.8 Å². The summed E-state index contributed by atoms with van der Waals surface area (Å²) in [6.07, 6.45) is 1.52. The van der Waals surface area contributed by atoms with E-state index in [1.807, 2.05) is 0 Å². The molecule has 0 aliphatic carbocycles. The second kappa shape index (κ2) is 5.45. The van der Waals surface area contributed by atoms with Crippen molar-refractivity contribution in [3.05, 3.63) is 33.1 Å². The first kappa shape index (κ1) is 14.3. The molecule has 106 valence electrons. The van der Waals surface area contributed by atoms with Crippen molar-refractivity contribution in [2.24, 2.45) is 7.05 Å². The second-order valence-electron chi connectivity index (χ2n) is 4.31. The minimum atomic E-state index is -0.374. The molecule has 0 unspecified atom stereocenters. The monoisotopic (exact) mass is 294 g/mol. The Bertz CT molecular complexity index is 669. The normalized spacial score (nSPS) is 10.8. The third kappa shape index (κ3) is 2.57. The first-order valence-corrected chi connectivity index (χ1v) is 6.77. The van der Waals surface area contributed by atoms with E-state index < -0.39 is 0 Å². The Hall–Kier alpha value is -2.16. The molecule has 2 rings (SSSR count). The second-order valence-corrected chi connectivity index (χ2v) is 5.25. The Morgan fingerprint density at radius 1 is 1.45 bits per heavy atom. The van der Waals surface area contributed by atoms with Gasteiger partial charge < -0.3 is 5.73 Å². The zero-order valence-electron chi connectivity index (χ0n) is 11.3. The van der Waals surface area contributed by atoms with E-state index in [0.717, 1.165) is 0 Å². The van der Waals surface area contributed by atoms with Gasteiger partial charge in [0.15, 0.2) is 5.16 Å². The van der Waals surface area contributed by atoms with Crippen LogP contribution in [0.3, 0.4) is 0 Å². The number of aryl methyl sites for hydroxylation is 1. The molecule has 2 aromatic rings. The van der Waals surface area contributed by atoms with Crippen LogP contribution in [-0.2, 0) is 12.8 Å². The molecule has 0 saturated heterocycles. The van der Waals surface area contributed by atoms with Gasteiger partial charge in [0.05, 0.1) is 10.6 Å². The quantitative estimate of drug-likeness (QED) is 0.517. The van der Waals surface area contributed by atoms with Gasteiger partial charge in [-0.3, -0.25) is 19.7 Å². The largest absolute Gasteiger partial charge is 0.368 e. The number of rotatable bonds is 4. The molecular weight excluding hydrogens is 280 g/mol. The van der Waals surface area contributed by atoms with Gasteiger partial charge in [0.25, 0.3) is 5.69 Å². The van der Waals surface area contributed by atoms with Crippen molar-refractivity contribution < 1.29 is 4.92 Å². The Balaban J connectivity index is 2.24. The molecule has 0 fully saturated rings. The van der Waals surface area contributed by atoms with Crippen molar-refractivity contribution in [2.75, 3.05) is 5.73 Å². The molecule has 0 spiro atoms. The van der Waals surface area contributed by atoms with Gasteiger partial charge >= 0.3 is 0 Å². The minimum Gasteiger partial charge on any atom is -0.368 e. The van der Waals surface area contributed by atoms with Crippen LogP contribution < -0.4 is 5.73 Å². The van der Waals surface area contributed by atoms with E-state index in [9.17, 15) is 10.1 Å². The smallest absolute Gasteiger partial charge is 0.278 e. The van der Waals surface area contributed by atoms with Gasteiger partial charge in [-0.25, -0.2) is 0 Å². The van der Waals surface area contributed by atoms with Crippen LogP contribution in [-0.4, -0.2) is 24.7 Å². The molecule has 0 aromatic carbocycles. The molecule has 0 aliphatic rings. The molecule has 0 atom stereocenters. The summed E-state index contributed by atoms with van der Waals surface area (Å²) in [4.78, 5) is 14.9. The highest BCUT2D eigenvalue weighted by Crippen LogP contribution is 2.28. The van der Waals surface area contributed by atoms with Crippen molar-refractivity contribution in [2.45, 2.75) is 24.8 Å². The molecular formula is C11H14N6O2S. The molecule has 2 N–H and O–H groups in total. The number of nitro groups is 1. The first-order valence-electron chi connectivity index (χ1n) is 5.79. The fourth-order valence-corrected chi connectivity index (χ4v) is 2.72. The Labute approximate surface area is 119 Å². The number of hydrogen-bond acceptors (Lipinski definition) is 7. The van der Waals surface area contributed by atoms with Gasteiger partial charge in [-0.15, -0.1) is 10.2 Å².